The molecule has 2 nitrogen and oxygen atoms in total. The second-order valence-corrected chi connectivity index (χ2v) is 8.26. The van der Waals surface area contributed by atoms with Crippen LogP contribution in [0.4, 0.5) is 0 Å². The van der Waals surface area contributed by atoms with E-state index in [4.69, 9.17) is 0 Å². The Hall–Kier alpha value is -0.0800. The lowest BCUT2D eigenvalue weighted by Crippen LogP contribution is -2.58. The molecule has 2 heteroatoms. The van der Waals surface area contributed by atoms with Crippen molar-refractivity contribution in [3.63, 3.8) is 0 Å². The maximum atomic E-state index is 3.87. The molecule has 0 amide bonds. The Bertz CT molecular complexity index is 296. The molecule has 0 radical (unpaired) electrons. The summed E-state index contributed by atoms with van der Waals surface area (Å²) in [7, 11) is 0. The van der Waals surface area contributed by atoms with Gasteiger partial charge in [-0.1, -0.05) is 41.0 Å². The van der Waals surface area contributed by atoms with Crippen LogP contribution in [-0.2, 0) is 0 Å². The predicted octanol–water partition coefficient (Wildman–Crippen LogP) is 3.67. The first kappa shape index (κ1) is 15.3. The van der Waals surface area contributed by atoms with Gasteiger partial charge in [0.05, 0.1) is 0 Å². The fourth-order valence-electron chi connectivity index (χ4n) is 4.15. The van der Waals surface area contributed by atoms with Crippen LogP contribution < -0.4 is 5.32 Å². The van der Waals surface area contributed by atoms with Gasteiger partial charge in [-0.05, 0) is 49.6 Å². The van der Waals surface area contributed by atoms with E-state index in [0.29, 0.717) is 16.9 Å². The van der Waals surface area contributed by atoms with Gasteiger partial charge < -0.3 is 5.32 Å². The van der Waals surface area contributed by atoms with E-state index in [1.165, 1.54) is 51.7 Å². The lowest BCUT2D eigenvalue weighted by molar-refractivity contribution is 0.0566. The largest absolute Gasteiger partial charge is 0.312 e. The highest BCUT2D eigenvalue weighted by molar-refractivity contribution is 5.00. The Balaban J connectivity index is 2.07. The number of nitrogens with one attached hydrogen (secondary N) is 1. The minimum Gasteiger partial charge on any atom is -0.312 e. The van der Waals surface area contributed by atoms with Gasteiger partial charge in [0, 0.05) is 18.6 Å². The minimum atomic E-state index is 0.449. The second-order valence-electron chi connectivity index (χ2n) is 8.26. The zero-order valence-corrected chi connectivity index (χ0v) is 13.8. The van der Waals surface area contributed by atoms with Crippen molar-refractivity contribution in [1.29, 1.82) is 0 Å². The summed E-state index contributed by atoms with van der Waals surface area (Å²) in [4.78, 5) is 2.79. The summed E-state index contributed by atoms with van der Waals surface area (Å²) >= 11 is 0. The zero-order valence-electron chi connectivity index (χ0n) is 13.8. The first-order chi connectivity index (χ1) is 8.86. The molecule has 1 aliphatic carbocycles. The first-order valence-electron chi connectivity index (χ1n) is 8.33. The highest BCUT2D eigenvalue weighted by Crippen LogP contribution is 2.41. The molecule has 0 spiro atoms. The number of rotatable bonds is 4. The Kier molecular flexibility index (Phi) is 4.62. The number of hydrogen-bond donors (Lipinski definition) is 1. The SMILES string of the molecule is CCCNC1C(N2CCC(C)(C)C2)CCCC1(C)C. The monoisotopic (exact) mass is 266 g/mol. The van der Waals surface area contributed by atoms with Gasteiger partial charge in [0.1, 0.15) is 0 Å². The molecule has 1 saturated carbocycles. The highest BCUT2D eigenvalue weighted by atomic mass is 15.2. The minimum absolute atomic E-state index is 0.449. The van der Waals surface area contributed by atoms with Crippen molar-refractivity contribution in [3.8, 4) is 0 Å². The molecule has 0 bridgehead atoms. The van der Waals surface area contributed by atoms with Crippen molar-refractivity contribution in [2.24, 2.45) is 10.8 Å². The van der Waals surface area contributed by atoms with Crippen molar-refractivity contribution in [3.05, 3.63) is 0 Å². The molecule has 1 aliphatic heterocycles. The smallest absolute Gasteiger partial charge is 0.0274 e. The third kappa shape index (κ3) is 3.52. The molecule has 19 heavy (non-hydrogen) atoms. The van der Waals surface area contributed by atoms with Crippen LogP contribution in [0.5, 0.6) is 0 Å². The summed E-state index contributed by atoms with van der Waals surface area (Å²) in [6.07, 6.45) is 6.77. The summed E-state index contributed by atoms with van der Waals surface area (Å²) in [5.41, 5.74) is 0.974. The molecule has 2 unspecified atom stereocenters. The van der Waals surface area contributed by atoms with Crippen molar-refractivity contribution >= 4 is 0 Å². The van der Waals surface area contributed by atoms with Gasteiger partial charge in [0.15, 0.2) is 0 Å². The van der Waals surface area contributed by atoms with Gasteiger partial charge in [0.25, 0.3) is 0 Å². The van der Waals surface area contributed by atoms with Crippen molar-refractivity contribution in [1.82, 2.24) is 10.2 Å². The molecule has 0 aromatic heterocycles. The van der Waals surface area contributed by atoms with E-state index in [9.17, 15) is 0 Å². The quantitative estimate of drug-likeness (QED) is 0.835. The lowest BCUT2D eigenvalue weighted by atomic mass is 9.70. The van der Waals surface area contributed by atoms with E-state index in [2.05, 4.69) is 44.8 Å². The van der Waals surface area contributed by atoms with Crippen molar-refractivity contribution in [2.45, 2.75) is 78.8 Å². The molecule has 112 valence electrons. The van der Waals surface area contributed by atoms with E-state index in [1.54, 1.807) is 0 Å². The summed E-state index contributed by atoms with van der Waals surface area (Å²) in [6.45, 7) is 15.8. The third-order valence-corrected chi connectivity index (χ3v) is 5.34. The van der Waals surface area contributed by atoms with Crippen molar-refractivity contribution in [2.75, 3.05) is 19.6 Å². The van der Waals surface area contributed by atoms with E-state index in [-0.39, 0.29) is 0 Å². The maximum Gasteiger partial charge on any atom is 0.0274 e. The molecule has 0 aromatic rings. The normalized spacial score (nSPS) is 34.6. The average molecular weight is 266 g/mol. The van der Waals surface area contributed by atoms with Crippen LogP contribution >= 0.6 is 0 Å². The third-order valence-electron chi connectivity index (χ3n) is 5.34. The second kappa shape index (κ2) is 5.73. The molecule has 1 saturated heterocycles. The summed E-state index contributed by atoms with van der Waals surface area (Å²) in [5, 5.41) is 3.87. The van der Waals surface area contributed by atoms with Crippen molar-refractivity contribution < 1.29 is 0 Å². The predicted molar refractivity (Wildman–Crippen MR) is 83.5 cm³/mol. The average Bonchev–Trinajstić information content (AvgIpc) is 2.67. The zero-order chi connectivity index (χ0) is 14.1. The molecular formula is C17H34N2. The molecule has 2 fully saturated rings. The summed E-state index contributed by atoms with van der Waals surface area (Å²) < 4.78 is 0. The van der Waals surface area contributed by atoms with Crippen LogP contribution in [0.25, 0.3) is 0 Å². The highest BCUT2D eigenvalue weighted by Gasteiger charge is 2.43. The Morgan fingerprint density at radius 2 is 1.89 bits per heavy atom. The Labute approximate surface area is 120 Å². The van der Waals surface area contributed by atoms with Gasteiger partial charge in [-0.15, -0.1) is 0 Å². The fraction of sp³-hybridized carbons (Fsp3) is 1.00. The molecular weight excluding hydrogens is 232 g/mol. The number of likely N-dealkylation sites (tertiary alicyclic amines) is 1. The van der Waals surface area contributed by atoms with Gasteiger partial charge in [-0.25, -0.2) is 0 Å². The lowest BCUT2D eigenvalue weighted by Gasteiger charge is -2.48. The standard InChI is InChI=1S/C17H34N2/c1-6-11-18-15-14(8-7-9-17(15,4)5)19-12-10-16(2,3)13-19/h14-15,18H,6-13H2,1-5H3. The van der Waals surface area contributed by atoms with Gasteiger partial charge in [-0.3, -0.25) is 4.90 Å². The molecule has 0 aromatic carbocycles. The van der Waals surface area contributed by atoms with Crippen LogP contribution in [0.15, 0.2) is 0 Å². The molecule has 1 heterocycles. The fourth-order valence-corrected chi connectivity index (χ4v) is 4.15. The van der Waals surface area contributed by atoms with Gasteiger partial charge >= 0.3 is 0 Å². The van der Waals surface area contributed by atoms with E-state index >= 15 is 0 Å². The molecule has 2 rings (SSSR count). The Morgan fingerprint density at radius 1 is 1.16 bits per heavy atom. The topological polar surface area (TPSA) is 15.3 Å². The van der Waals surface area contributed by atoms with E-state index < -0.39 is 0 Å². The molecule has 1 N–H and O–H groups in total. The van der Waals surface area contributed by atoms with Crippen LogP contribution in [0.3, 0.4) is 0 Å². The van der Waals surface area contributed by atoms with Gasteiger partial charge in [0.2, 0.25) is 0 Å². The molecule has 2 atom stereocenters. The summed E-state index contributed by atoms with van der Waals surface area (Å²) in [5.74, 6) is 0. The van der Waals surface area contributed by atoms with Crippen LogP contribution in [0, 0.1) is 10.8 Å². The Morgan fingerprint density at radius 3 is 2.47 bits per heavy atom. The van der Waals surface area contributed by atoms with E-state index in [1.807, 2.05) is 0 Å². The first-order valence-corrected chi connectivity index (χ1v) is 8.33. The number of nitrogens with zero attached hydrogens (tertiary/aromatic N) is 1. The summed E-state index contributed by atoms with van der Waals surface area (Å²) in [6, 6.07) is 1.44. The van der Waals surface area contributed by atoms with Gasteiger partial charge in [-0.2, -0.15) is 0 Å². The molecule has 2 aliphatic rings. The number of hydrogen-bond acceptors (Lipinski definition) is 2. The van der Waals surface area contributed by atoms with E-state index in [0.717, 1.165) is 6.04 Å². The maximum absolute atomic E-state index is 3.87. The van der Waals surface area contributed by atoms with Crippen LogP contribution in [0.2, 0.25) is 0 Å². The van der Waals surface area contributed by atoms with Crippen LogP contribution in [-0.4, -0.2) is 36.6 Å². The van der Waals surface area contributed by atoms with Crippen LogP contribution in [0.1, 0.15) is 66.7 Å².